The van der Waals surface area contributed by atoms with Crippen LogP contribution in [-0.2, 0) is 42.9 Å². The molecule has 41 heteroatoms. The van der Waals surface area contributed by atoms with Crippen LogP contribution in [0.4, 0.5) is 114 Å². The van der Waals surface area contributed by atoms with Gasteiger partial charge in [0, 0.05) is 26.2 Å². The maximum absolute atomic E-state index is 14.3. The molecule has 1 heterocycles. The summed E-state index contributed by atoms with van der Waals surface area (Å²) in [6, 6.07) is -5.77. The highest BCUT2D eigenvalue weighted by atomic mass is 19.4. The van der Waals surface area contributed by atoms with Crippen molar-refractivity contribution in [3.63, 3.8) is 0 Å². The minimum Gasteiger partial charge on any atom is -0.466 e. The smallest absolute Gasteiger partial charge is 0.460 e. The molecular formula is C37H42F26N4O11. The van der Waals surface area contributed by atoms with Crippen molar-refractivity contribution in [1.29, 1.82) is 0 Å². The maximum Gasteiger partial charge on any atom is 0.460 e. The van der Waals surface area contributed by atoms with Crippen molar-refractivity contribution in [2.75, 3.05) is 19.8 Å². The van der Waals surface area contributed by atoms with E-state index in [1.807, 2.05) is 16.0 Å². The summed E-state index contributed by atoms with van der Waals surface area (Å²) in [4.78, 5) is 62.0. The Morgan fingerprint density at radius 1 is 0.603 bits per heavy atom. The molecule has 458 valence electrons. The zero-order valence-electron chi connectivity index (χ0n) is 39.0. The normalized spacial score (nSPS) is 21.3. The van der Waals surface area contributed by atoms with Crippen molar-refractivity contribution in [2.45, 2.75) is 180 Å². The highest BCUT2D eigenvalue weighted by Crippen LogP contribution is 2.62. The van der Waals surface area contributed by atoms with E-state index in [0.29, 0.717) is 0 Å². The number of carbonyl (C=O) groups excluding carboxylic acids is 5. The molecule has 1 fully saturated rings. The summed E-state index contributed by atoms with van der Waals surface area (Å²) in [5.74, 6) is -83.7. The molecular weight excluding hydrogens is 1170 g/mol. The quantitative estimate of drug-likeness (QED) is 0.0281. The third kappa shape index (κ3) is 14.4. The molecule has 15 nitrogen and oxygen atoms in total. The molecule has 0 aromatic rings. The minimum atomic E-state index is -8.18. The fraction of sp³-hybridized carbons (Fsp3) is 0.865. The van der Waals surface area contributed by atoms with Crippen LogP contribution in [-0.4, -0.2) is 180 Å². The predicted octanol–water partition coefficient (Wildman–Crippen LogP) is 6.20. The van der Waals surface area contributed by atoms with Crippen molar-refractivity contribution in [3.05, 3.63) is 0 Å². The van der Waals surface area contributed by atoms with Crippen molar-refractivity contribution >= 4 is 29.6 Å². The number of primary amides is 1. The van der Waals surface area contributed by atoms with E-state index >= 15 is 0 Å². The van der Waals surface area contributed by atoms with Gasteiger partial charge in [0.1, 0.15) is 42.5 Å². The van der Waals surface area contributed by atoms with E-state index in [0.717, 1.165) is 20.8 Å². The fourth-order valence-corrected chi connectivity index (χ4v) is 6.26. The first-order valence-electron chi connectivity index (χ1n) is 21.1. The Balaban J connectivity index is 3.03. The maximum atomic E-state index is 14.3. The molecule has 0 saturated carbocycles. The lowest BCUT2D eigenvalue weighted by atomic mass is 9.92. The summed E-state index contributed by atoms with van der Waals surface area (Å²) in [5.41, 5.74) is 5.12. The van der Waals surface area contributed by atoms with Crippen LogP contribution < -0.4 is 21.7 Å². The van der Waals surface area contributed by atoms with Gasteiger partial charge < -0.3 is 50.8 Å². The highest BCUT2D eigenvalue weighted by molar-refractivity contribution is 5.92. The van der Waals surface area contributed by atoms with Gasteiger partial charge in [-0.1, -0.05) is 0 Å². The predicted molar refractivity (Wildman–Crippen MR) is 199 cm³/mol. The first kappa shape index (κ1) is 71.3. The number of rotatable bonds is 29. The topological polar surface area (TPSA) is 225 Å². The summed E-state index contributed by atoms with van der Waals surface area (Å²) in [5, 5.41) is 26.4. The molecule has 0 spiro atoms. The van der Waals surface area contributed by atoms with E-state index in [4.69, 9.17) is 19.9 Å². The average molecular weight is 1210 g/mol. The van der Waals surface area contributed by atoms with Crippen LogP contribution in [0.15, 0.2) is 0 Å². The lowest BCUT2D eigenvalue weighted by Gasteiger charge is -2.44. The van der Waals surface area contributed by atoms with Crippen LogP contribution in [0, 0.1) is 0 Å². The van der Waals surface area contributed by atoms with Gasteiger partial charge in [0.05, 0.1) is 19.8 Å². The van der Waals surface area contributed by atoms with Gasteiger partial charge in [-0.15, -0.1) is 0 Å². The number of esters is 1. The van der Waals surface area contributed by atoms with Crippen LogP contribution in [0.3, 0.4) is 0 Å². The Morgan fingerprint density at radius 2 is 1.01 bits per heavy atom. The average Bonchev–Trinajstić information content (AvgIpc) is 3.27. The second-order valence-electron chi connectivity index (χ2n) is 16.7. The zero-order chi connectivity index (χ0) is 61.8. The molecule has 1 aliphatic heterocycles. The Kier molecular flexibility index (Phi) is 22.5. The summed E-state index contributed by atoms with van der Waals surface area (Å²) in [7, 11) is 0. The summed E-state index contributed by atoms with van der Waals surface area (Å²) in [6.45, 7) is -1.82. The van der Waals surface area contributed by atoms with Gasteiger partial charge in [-0.2, -0.15) is 114 Å². The number of alkyl halides is 26. The third-order valence-electron chi connectivity index (χ3n) is 10.8. The largest absolute Gasteiger partial charge is 0.466 e. The third-order valence-corrected chi connectivity index (χ3v) is 10.8. The molecule has 1 aliphatic rings. The van der Waals surface area contributed by atoms with E-state index < -0.39 is 208 Å². The van der Waals surface area contributed by atoms with Crippen molar-refractivity contribution < 1.29 is 167 Å². The minimum absolute atomic E-state index is 0.730. The van der Waals surface area contributed by atoms with Gasteiger partial charge >= 0.3 is 77.5 Å². The number of carbonyl (C=O) groups is 5. The molecule has 7 N–H and O–H groups in total. The second kappa shape index (κ2) is 24.6. The molecule has 78 heavy (non-hydrogen) atoms. The number of ether oxygens (including phenoxy) is 4. The monoisotopic (exact) mass is 1210 g/mol. The zero-order valence-corrected chi connectivity index (χ0v) is 39.0. The first-order chi connectivity index (χ1) is 34.6. The molecule has 1 rings (SSSR count). The lowest BCUT2D eigenvalue weighted by Crippen LogP contribution is -2.70. The molecule has 0 radical (unpaired) electrons. The van der Waals surface area contributed by atoms with E-state index in [2.05, 4.69) is 4.74 Å². The standard InChI is InChI=1S/C37H42F26N4O11/c1-13(23(73)67-16(22(64)72)6-7-18(70)75-10-4-8-26(38,39)28(42,43)30(46,47)32(50,51)34(54,55)36(58,59)60)65-24(74)14(2)77-21-19(66-15(3)69)25(78-17(12-68)20(21)71)76-11-5-9-27(40,41)29(44,45)31(48,49)33(52,53)35(56,57)37(61,62)63/h13-14,16-17,19-21,25,68,71H,4-12H2,1-3H3,(H2,64,72)(H,65,74)(H,66,69)(H,67,73)/t13-,14+,16+,17+,19+,20+,21+,25-/m0/s1. The van der Waals surface area contributed by atoms with Gasteiger partial charge in [-0.25, -0.2) is 0 Å². The van der Waals surface area contributed by atoms with Gasteiger partial charge in [0.2, 0.25) is 23.6 Å². The van der Waals surface area contributed by atoms with E-state index in [1.54, 1.807) is 0 Å². The van der Waals surface area contributed by atoms with Crippen LogP contribution in [0.5, 0.6) is 0 Å². The van der Waals surface area contributed by atoms with Crippen molar-refractivity contribution in [2.24, 2.45) is 5.73 Å². The molecule has 0 aromatic heterocycles. The van der Waals surface area contributed by atoms with E-state index in [9.17, 15) is 148 Å². The molecule has 0 unspecified atom stereocenters. The molecule has 0 bridgehead atoms. The second-order valence-corrected chi connectivity index (χ2v) is 16.7. The van der Waals surface area contributed by atoms with E-state index in [1.165, 1.54) is 0 Å². The summed E-state index contributed by atoms with van der Waals surface area (Å²) >= 11 is 0. The van der Waals surface area contributed by atoms with Gasteiger partial charge in [0.15, 0.2) is 6.29 Å². The van der Waals surface area contributed by atoms with Crippen molar-refractivity contribution in [1.82, 2.24) is 16.0 Å². The van der Waals surface area contributed by atoms with E-state index in [-0.39, 0.29) is 0 Å². The van der Waals surface area contributed by atoms with Crippen LogP contribution in [0.2, 0.25) is 0 Å². The Bertz CT molecular complexity index is 2080. The number of aliphatic hydroxyl groups excluding tert-OH is 2. The SMILES string of the molecule is CC(=O)N[C@H]1[C@@H](OCCCC(F)(F)C(F)(F)C(F)(F)C(F)(F)C(F)(F)C(F)(F)F)O[C@H](CO)[C@@H](O)[C@@H]1O[C@H](C)C(=O)N[C@@H](C)C(=O)N[C@H](CCC(=O)OCCCC(F)(F)C(F)(F)C(F)(F)C(F)(F)C(F)(F)C(F)(F)F)C(N)=O. The number of nitrogens with one attached hydrogen (secondary N) is 3. The molecule has 0 aromatic carbocycles. The number of halogens is 26. The highest BCUT2D eigenvalue weighted by Gasteiger charge is 2.92. The number of aliphatic hydroxyl groups is 2. The Hall–Kier alpha value is -4.67. The lowest BCUT2D eigenvalue weighted by molar-refractivity contribution is -0.440. The molecule has 1 saturated heterocycles. The summed E-state index contributed by atoms with van der Waals surface area (Å²) < 4.78 is 368. The van der Waals surface area contributed by atoms with Crippen LogP contribution in [0.1, 0.15) is 59.3 Å². The molecule has 4 amide bonds. The van der Waals surface area contributed by atoms with Crippen LogP contribution >= 0.6 is 0 Å². The van der Waals surface area contributed by atoms with Crippen LogP contribution in [0.25, 0.3) is 0 Å². The summed E-state index contributed by atoms with van der Waals surface area (Å²) in [6.07, 6.45) is -36.6. The number of hydrogen-bond donors (Lipinski definition) is 6. The van der Waals surface area contributed by atoms with Gasteiger partial charge in [-0.3, -0.25) is 24.0 Å². The number of amides is 4. The fourth-order valence-electron chi connectivity index (χ4n) is 6.26. The first-order valence-corrected chi connectivity index (χ1v) is 21.1. The van der Waals surface area contributed by atoms with Crippen molar-refractivity contribution in [3.8, 4) is 0 Å². The Labute approximate surface area is 418 Å². The molecule has 8 atom stereocenters. The number of nitrogens with two attached hydrogens (primary N) is 1. The number of hydrogen-bond acceptors (Lipinski definition) is 11. The van der Waals surface area contributed by atoms with Gasteiger partial charge in [0.25, 0.3) is 0 Å². The van der Waals surface area contributed by atoms with Gasteiger partial charge in [-0.05, 0) is 33.1 Å². The molecule has 0 aliphatic carbocycles. The Morgan fingerprint density at radius 3 is 1.40 bits per heavy atom.